The standard InChI is InChI=1S/C22H21N5O5/c1-11-18(20(23)28)19(12-4-7-15-17(8-12)32-10-31-15)27-22(24-11)25-21(26-27)13-5-6-14(29-2)16(9-13)30-3/h4-9,19H,10H2,1-3H3,(H2,23,28)(H,24,25,26)/t19-/m1/s1. The van der Waals surface area contributed by atoms with E-state index in [-0.39, 0.29) is 6.79 Å². The Morgan fingerprint density at radius 3 is 2.66 bits per heavy atom. The Morgan fingerprint density at radius 2 is 1.91 bits per heavy atom. The Hall–Kier alpha value is -4.21. The molecular formula is C22H21N5O5. The van der Waals surface area contributed by atoms with Gasteiger partial charge in [0.1, 0.15) is 6.04 Å². The Morgan fingerprint density at radius 1 is 1.12 bits per heavy atom. The third kappa shape index (κ3) is 3.08. The van der Waals surface area contributed by atoms with E-state index in [1.54, 1.807) is 44.0 Å². The van der Waals surface area contributed by atoms with Gasteiger partial charge < -0.3 is 30.0 Å². The Bertz CT molecular complexity index is 1270. The van der Waals surface area contributed by atoms with E-state index in [2.05, 4.69) is 10.3 Å². The normalized spacial score (nSPS) is 16.4. The second-order valence-electron chi connectivity index (χ2n) is 7.32. The van der Waals surface area contributed by atoms with Crippen LogP contribution in [0.2, 0.25) is 0 Å². The predicted molar refractivity (Wildman–Crippen MR) is 115 cm³/mol. The van der Waals surface area contributed by atoms with E-state index in [0.29, 0.717) is 46.0 Å². The lowest BCUT2D eigenvalue weighted by atomic mass is 9.95. The number of anilines is 1. The van der Waals surface area contributed by atoms with Gasteiger partial charge in [0.2, 0.25) is 18.6 Å². The van der Waals surface area contributed by atoms with E-state index in [4.69, 9.17) is 29.8 Å². The number of amides is 1. The molecule has 3 N–H and O–H groups in total. The molecule has 0 fully saturated rings. The molecule has 0 radical (unpaired) electrons. The minimum atomic E-state index is -0.584. The molecule has 2 aliphatic heterocycles. The molecule has 0 aliphatic carbocycles. The van der Waals surface area contributed by atoms with Crippen LogP contribution < -0.4 is 30.0 Å². The molecule has 10 nitrogen and oxygen atoms in total. The number of allylic oxidation sites excluding steroid dienone is 1. The van der Waals surface area contributed by atoms with Crippen molar-refractivity contribution in [2.24, 2.45) is 5.73 Å². The van der Waals surface area contributed by atoms with Crippen LogP contribution in [-0.2, 0) is 4.79 Å². The number of nitrogens with zero attached hydrogens (tertiary/aromatic N) is 3. The van der Waals surface area contributed by atoms with Crippen LogP contribution >= 0.6 is 0 Å². The highest BCUT2D eigenvalue weighted by Crippen LogP contribution is 2.41. The highest BCUT2D eigenvalue weighted by atomic mass is 16.7. The monoisotopic (exact) mass is 435 g/mol. The molecule has 1 amide bonds. The maximum Gasteiger partial charge on any atom is 0.248 e. The molecule has 32 heavy (non-hydrogen) atoms. The fraction of sp³-hybridized carbons (Fsp3) is 0.227. The Labute approximate surface area is 183 Å². The van der Waals surface area contributed by atoms with Crippen molar-refractivity contribution in [3.63, 3.8) is 0 Å². The number of methoxy groups -OCH3 is 2. The topological polar surface area (TPSA) is 123 Å². The molecule has 5 rings (SSSR count). The van der Waals surface area contributed by atoms with Crippen molar-refractivity contribution in [2.75, 3.05) is 26.3 Å². The van der Waals surface area contributed by atoms with Gasteiger partial charge in [-0.2, -0.15) is 4.98 Å². The van der Waals surface area contributed by atoms with Crippen LogP contribution in [-0.4, -0.2) is 41.7 Å². The summed E-state index contributed by atoms with van der Waals surface area (Å²) in [6.45, 7) is 1.94. The summed E-state index contributed by atoms with van der Waals surface area (Å²) in [4.78, 5) is 17.0. The number of carbonyl (C=O) groups is 1. The number of hydrogen-bond acceptors (Lipinski definition) is 8. The summed E-state index contributed by atoms with van der Waals surface area (Å²) in [5.41, 5.74) is 8.26. The van der Waals surface area contributed by atoms with E-state index in [9.17, 15) is 4.79 Å². The molecule has 2 aromatic carbocycles. The number of ether oxygens (including phenoxy) is 4. The van der Waals surface area contributed by atoms with Crippen molar-refractivity contribution in [2.45, 2.75) is 13.0 Å². The third-order valence-corrected chi connectivity index (χ3v) is 5.47. The number of fused-ring (bicyclic) bond motifs is 2. The minimum Gasteiger partial charge on any atom is -0.493 e. The van der Waals surface area contributed by atoms with E-state index < -0.39 is 11.9 Å². The van der Waals surface area contributed by atoms with Crippen molar-refractivity contribution in [3.8, 4) is 34.4 Å². The SMILES string of the molecule is COc1ccc(-c2nc3n(n2)[C@H](c2ccc4c(c2)OCO4)C(C(N)=O)=C(C)N3)cc1OC. The average molecular weight is 435 g/mol. The molecule has 0 bridgehead atoms. The molecule has 0 spiro atoms. The van der Waals surface area contributed by atoms with Gasteiger partial charge in [-0.25, -0.2) is 4.68 Å². The highest BCUT2D eigenvalue weighted by molar-refractivity contribution is 5.95. The molecule has 1 atom stereocenters. The lowest BCUT2D eigenvalue weighted by Crippen LogP contribution is -2.31. The van der Waals surface area contributed by atoms with Gasteiger partial charge in [-0.05, 0) is 42.8 Å². The average Bonchev–Trinajstić information content (AvgIpc) is 3.43. The second kappa shape index (κ2) is 7.49. The summed E-state index contributed by atoms with van der Waals surface area (Å²) in [5.74, 6) is 2.80. The number of primary amides is 1. The molecule has 1 aromatic heterocycles. The van der Waals surface area contributed by atoms with Crippen LogP contribution in [0.5, 0.6) is 23.0 Å². The quantitative estimate of drug-likeness (QED) is 0.627. The number of aromatic nitrogens is 3. The first kappa shape index (κ1) is 19.7. The zero-order valence-electron chi connectivity index (χ0n) is 17.7. The first-order valence-electron chi connectivity index (χ1n) is 9.86. The molecule has 0 saturated carbocycles. The van der Waals surface area contributed by atoms with Crippen LogP contribution in [0.1, 0.15) is 18.5 Å². The number of rotatable bonds is 5. The second-order valence-corrected chi connectivity index (χ2v) is 7.32. The predicted octanol–water partition coefficient (Wildman–Crippen LogP) is 2.47. The maximum atomic E-state index is 12.4. The van der Waals surface area contributed by atoms with Gasteiger partial charge in [-0.3, -0.25) is 4.79 Å². The van der Waals surface area contributed by atoms with Gasteiger partial charge in [-0.15, -0.1) is 5.10 Å². The van der Waals surface area contributed by atoms with Crippen molar-refractivity contribution in [1.82, 2.24) is 14.8 Å². The summed E-state index contributed by atoms with van der Waals surface area (Å²) in [5, 5.41) is 7.84. The smallest absolute Gasteiger partial charge is 0.248 e. The van der Waals surface area contributed by atoms with Gasteiger partial charge in [-0.1, -0.05) is 6.07 Å². The number of nitrogens with one attached hydrogen (secondary N) is 1. The van der Waals surface area contributed by atoms with Crippen molar-refractivity contribution in [1.29, 1.82) is 0 Å². The van der Waals surface area contributed by atoms with E-state index in [0.717, 1.165) is 11.1 Å². The number of nitrogens with two attached hydrogens (primary N) is 1. The van der Waals surface area contributed by atoms with Crippen LogP contribution in [0, 0.1) is 0 Å². The van der Waals surface area contributed by atoms with Crippen molar-refractivity contribution >= 4 is 11.9 Å². The molecule has 3 aromatic rings. The van der Waals surface area contributed by atoms with Gasteiger partial charge in [0.05, 0.1) is 19.8 Å². The van der Waals surface area contributed by atoms with Gasteiger partial charge in [0, 0.05) is 11.3 Å². The lowest BCUT2D eigenvalue weighted by Gasteiger charge is -2.27. The summed E-state index contributed by atoms with van der Waals surface area (Å²) < 4.78 is 23.3. The van der Waals surface area contributed by atoms with Crippen LogP contribution in [0.15, 0.2) is 47.7 Å². The van der Waals surface area contributed by atoms with Crippen molar-refractivity contribution < 1.29 is 23.7 Å². The fourth-order valence-electron chi connectivity index (χ4n) is 3.96. The Kier molecular flexibility index (Phi) is 4.62. The van der Waals surface area contributed by atoms with Gasteiger partial charge >= 0.3 is 0 Å². The molecule has 10 heteroatoms. The summed E-state index contributed by atoms with van der Waals surface area (Å²) >= 11 is 0. The third-order valence-electron chi connectivity index (χ3n) is 5.47. The fourth-order valence-corrected chi connectivity index (χ4v) is 3.96. The first-order valence-corrected chi connectivity index (χ1v) is 9.86. The van der Waals surface area contributed by atoms with Crippen molar-refractivity contribution in [3.05, 3.63) is 53.2 Å². The molecular weight excluding hydrogens is 414 g/mol. The van der Waals surface area contributed by atoms with E-state index >= 15 is 0 Å². The maximum absolute atomic E-state index is 12.4. The summed E-state index contributed by atoms with van der Waals surface area (Å²) in [7, 11) is 3.14. The zero-order chi connectivity index (χ0) is 22.4. The van der Waals surface area contributed by atoms with Crippen LogP contribution in [0.3, 0.4) is 0 Å². The first-order chi connectivity index (χ1) is 15.5. The van der Waals surface area contributed by atoms with Gasteiger partial charge in [0.15, 0.2) is 28.8 Å². The highest BCUT2D eigenvalue weighted by Gasteiger charge is 2.34. The number of carbonyl (C=O) groups excluding carboxylic acids is 1. The molecule has 2 aliphatic rings. The molecule has 0 unspecified atom stereocenters. The zero-order valence-corrected chi connectivity index (χ0v) is 17.7. The van der Waals surface area contributed by atoms with E-state index in [1.165, 1.54) is 0 Å². The lowest BCUT2D eigenvalue weighted by molar-refractivity contribution is -0.115. The molecule has 0 saturated heterocycles. The summed E-state index contributed by atoms with van der Waals surface area (Å²) in [6, 6.07) is 10.3. The number of benzene rings is 2. The Balaban J connectivity index is 1.63. The van der Waals surface area contributed by atoms with Crippen LogP contribution in [0.4, 0.5) is 5.95 Å². The van der Waals surface area contributed by atoms with Gasteiger partial charge in [0.25, 0.3) is 0 Å². The minimum absolute atomic E-state index is 0.153. The molecule has 164 valence electrons. The largest absolute Gasteiger partial charge is 0.493 e. The van der Waals surface area contributed by atoms with E-state index in [1.807, 2.05) is 18.2 Å². The van der Waals surface area contributed by atoms with Crippen LogP contribution in [0.25, 0.3) is 11.4 Å². The number of hydrogen-bond donors (Lipinski definition) is 2. The molecule has 3 heterocycles. The summed E-state index contributed by atoms with van der Waals surface area (Å²) in [6.07, 6.45) is 0.